The number of alkyl halides is 3. The molecule has 2 aromatic rings. The van der Waals surface area contributed by atoms with Crippen molar-refractivity contribution in [2.45, 2.75) is 32.4 Å². The van der Waals surface area contributed by atoms with E-state index >= 15 is 0 Å². The van der Waals surface area contributed by atoms with Crippen LogP contribution in [0.5, 0.6) is 0 Å². The van der Waals surface area contributed by atoms with E-state index in [1.165, 1.54) is 5.56 Å². The molecule has 0 N–H and O–H groups in total. The van der Waals surface area contributed by atoms with E-state index in [0.717, 1.165) is 37.0 Å². The van der Waals surface area contributed by atoms with E-state index in [1.807, 2.05) is 12.1 Å². The van der Waals surface area contributed by atoms with E-state index < -0.39 is 23.4 Å². The van der Waals surface area contributed by atoms with Gasteiger partial charge in [0.25, 0.3) is 0 Å². The van der Waals surface area contributed by atoms with E-state index in [4.69, 9.17) is 0 Å². The van der Waals surface area contributed by atoms with Crippen molar-refractivity contribution in [1.29, 1.82) is 0 Å². The molecular weight excluding hydrogens is 335 g/mol. The maximum absolute atomic E-state index is 14.1. The van der Waals surface area contributed by atoms with Crippen molar-refractivity contribution in [3.63, 3.8) is 0 Å². The maximum atomic E-state index is 14.1. The quantitative estimate of drug-likeness (QED) is 0.554. The van der Waals surface area contributed by atoms with Gasteiger partial charge in [0.1, 0.15) is 11.6 Å². The van der Waals surface area contributed by atoms with Gasteiger partial charge in [0.2, 0.25) is 0 Å². The molecule has 0 bridgehead atoms. The molecule has 1 aliphatic rings. The Balaban J connectivity index is 1.95. The number of rotatable bonds is 2. The van der Waals surface area contributed by atoms with Crippen molar-refractivity contribution < 1.29 is 22.0 Å². The fraction of sp³-hybridized carbons (Fsp3) is 0.300. The zero-order valence-electron chi connectivity index (χ0n) is 13.6. The van der Waals surface area contributed by atoms with Crippen LogP contribution in [0.2, 0.25) is 0 Å². The Hall–Kier alpha value is -2.17. The summed E-state index contributed by atoms with van der Waals surface area (Å²) in [5.41, 5.74) is 2.71. The van der Waals surface area contributed by atoms with Crippen LogP contribution < -0.4 is 0 Å². The van der Waals surface area contributed by atoms with Crippen LogP contribution in [0, 0.1) is 17.6 Å². The molecular formula is C20H17F5. The second kappa shape index (κ2) is 6.62. The SMILES string of the molecule is CC1CCc2cc(-c3cc(F)c(/C=C/C(F)(F)F)c(F)c3)ccc2C1. The smallest absolute Gasteiger partial charge is 0.206 e. The minimum Gasteiger partial charge on any atom is -0.206 e. The van der Waals surface area contributed by atoms with Gasteiger partial charge < -0.3 is 0 Å². The fourth-order valence-electron chi connectivity index (χ4n) is 3.20. The van der Waals surface area contributed by atoms with Gasteiger partial charge in [-0.3, -0.25) is 0 Å². The van der Waals surface area contributed by atoms with Gasteiger partial charge in [0.05, 0.1) is 0 Å². The summed E-state index contributed by atoms with van der Waals surface area (Å²) in [6.45, 7) is 2.19. The Bertz CT molecular complexity index is 794. The van der Waals surface area contributed by atoms with Crippen LogP contribution in [-0.4, -0.2) is 6.18 Å². The Kier molecular flexibility index (Phi) is 4.67. The van der Waals surface area contributed by atoms with Gasteiger partial charge in [-0.25, -0.2) is 8.78 Å². The Morgan fingerprint density at radius 3 is 2.28 bits per heavy atom. The minimum absolute atomic E-state index is 0.172. The molecule has 0 amide bonds. The van der Waals surface area contributed by atoms with Gasteiger partial charge in [0, 0.05) is 11.6 Å². The molecule has 0 nitrogen and oxygen atoms in total. The molecule has 1 atom stereocenters. The van der Waals surface area contributed by atoms with Crippen molar-refractivity contribution in [3.8, 4) is 11.1 Å². The van der Waals surface area contributed by atoms with Crippen LogP contribution in [0.25, 0.3) is 17.2 Å². The van der Waals surface area contributed by atoms with Gasteiger partial charge in [0.15, 0.2) is 0 Å². The van der Waals surface area contributed by atoms with E-state index in [2.05, 4.69) is 6.92 Å². The number of hydrogen-bond donors (Lipinski definition) is 0. The zero-order valence-corrected chi connectivity index (χ0v) is 13.6. The second-order valence-electron chi connectivity index (χ2n) is 6.56. The number of fused-ring (bicyclic) bond motifs is 1. The largest absolute Gasteiger partial charge is 0.409 e. The summed E-state index contributed by atoms with van der Waals surface area (Å²) < 4.78 is 64.8. The van der Waals surface area contributed by atoms with Gasteiger partial charge in [-0.1, -0.05) is 25.1 Å². The average molecular weight is 352 g/mol. The van der Waals surface area contributed by atoms with Crippen molar-refractivity contribution in [1.82, 2.24) is 0 Å². The summed E-state index contributed by atoms with van der Waals surface area (Å²) >= 11 is 0. The van der Waals surface area contributed by atoms with E-state index in [0.29, 0.717) is 23.1 Å². The normalized spacial score (nSPS) is 17.8. The molecule has 0 spiro atoms. The maximum Gasteiger partial charge on any atom is 0.409 e. The summed E-state index contributed by atoms with van der Waals surface area (Å²) in [5, 5.41) is 0. The van der Waals surface area contributed by atoms with Gasteiger partial charge in [-0.2, -0.15) is 13.2 Å². The molecule has 1 aliphatic carbocycles. The van der Waals surface area contributed by atoms with Crippen molar-refractivity contribution >= 4 is 6.08 Å². The Morgan fingerprint density at radius 1 is 0.960 bits per heavy atom. The predicted molar refractivity (Wildman–Crippen MR) is 88.1 cm³/mol. The van der Waals surface area contributed by atoms with Gasteiger partial charge >= 0.3 is 6.18 Å². The first-order valence-corrected chi connectivity index (χ1v) is 8.10. The molecule has 0 saturated heterocycles. The number of halogens is 5. The van der Waals surface area contributed by atoms with E-state index in [1.54, 1.807) is 6.07 Å². The highest BCUT2D eigenvalue weighted by molar-refractivity contribution is 5.68. The second-order valence-corrected chi connectivity index (χ2v) is 6.56. The van der Waals surface area contributed by atoms with Gasteiger partial charge in [-0.05, 0) is 65.6 Å². The molecule has 132 valence electrons. The highest BCUT2D eigenvalue weighted by Gasteiger charge is 2.23. The van der Waals surface area contributed by atoms with Crippen LogP contribution in [0.4, 0.5) is 22.0 Å². The first-order chi connectivity index (χ1) is 11.7. The molecule has 1 unspecified atom stereocenters. The molecule has 3 rings (SSSR count). The van der Waals surface area contributed by atoms with E-state index in [-0.39, 0.29) is 6.08 Å². The van der Waals surface area contributed by atoms with Crippen LogP contribution >= 0.6 is 0 Å². The molecule has 25 heavy (non-hydrogen) atoms. The molecule has 0 radical (unpaired) electrons. The first kappa shape index (κ1) is 17.6. The van der Waals surface area contributed by atoms with E-state index in [9.17, 15) is 22.0 Å². The molecule has 5 heteroatoms. The Labute approximate surface area is 143 Å². The predicted octanol–water partition coefficient (Wildman–Crippen LogP) is 6.33. The van der Waals surface area contributed by atoms with Crippen molar-refractivity contribution in [2.75, 3.05) is 0 Å². The molecule has 0 fully saturated rings. The highest BCUT2D eigenvalue weighted by Crippen LogP contribution is 2.31. The molecule has 2 aromatic carbocycles. The third-order valence-corrected chi connectivity index (χ3v) is 4.53. The topological polar surface area (TPSA) is 0 Å². The number of hydrogen-bond acceptors (Lipinski definition) is 0. The summed E-state index contributed by atoms with van der Waals surface area (Å²) in [5.74, 6) is -1.41. The average Bonchev–Trinajstić information content (AvgIpc) is 2.52. The highest BCUT2D eigenvalue weighted by atomic mass is 19.4. The van der Waals surface area contributed by atoms with Crippen molar-refractivity contribution in [2.24, 2.45) is 5.92 Å². The summed E-state index contributed by atoms with van der Waals surface area (Å²) in [4.78, 5) is 0. The lowest BCUT2D eigenvalue weighted by atomic mass is 9.83. The summed E-state index contributed by atoms with van der Waals surface area (Å²) in [6, 6.07) is 7.84. The zero-order chi connectivity index (χ0) is 18.2. The number of allylic oxidation sites excluding steroid dienone is 1. The summed E-state index contributed by atoms with van der Waals surface area (Å²) in [6.07, 6.45) is -1.40. The number of aryl methyl sites for hydroxylation is 1. The molecule has 0 aromatic heterocycles. The lowest BCUT2D eigenvalue weighted by Gasteiger charge is -2.22. The molecule has 0 heterocycles. The monoisotopic (exact) mass is 352 g/mol. The lowest BCUT2D eigenvalue weighted by Crippen LogP contribution is -2.11. The first-order valence-electron chi connectivity index (χ1n) is 8.10. The van der Waals surface area contributed by atoms with Crippen LogP contribution in [0.1, 0.15) is 30.0 Å². The fourth-order valence-corrected chi connectivity index (χ4v) is 3.20. The Morgan fingerprint density at radius 2 is 1.64 bits per heavy atom. The third kappa shape index (κ3) is 4.09. The molecule has 0 aliphatic heterocycles. The summed E-state index contributed by atoms with van der Waals surface area (Å²) in [7, 11) is 0. The van der Waals surface area contributed by atoms with Crippen molar-refractivity contribution in [3.05, 3.63) is 64.7 Å². The van der Waals surface area contributed by atoms with Crippen LogP contribution in [0.3, 0.4) is 0 Å². The van der Waals surface area contributed by atoms with Crippen LogP contribution in [0.15, 0.2) is 36.4 Å². The number of benzene rings is 2. The van der Waals surface area contributed by atoms with Crippen LogP contribution in [-0.2, 0) is 12.8 Å². The third-order valence-electron chi connectivity index (χ3n) is 4.53. The standard InChI is InChI=1S/C20H17F5/c1-12-2-3-14-9-15(5-4-13(14)8-12)16-10-18(21)17(19(22)11-16)6-7-20(23,24)25/h4-7,9-12H,2-3,8H2,1H3/b7-6+. The lowest BCUT2D eigenvalue weighted by molar-refractivity contribution is -0.0790. The molecule has 0 saturated carbocycles. The van der Waals surface area contributed by atoms with Gasteiger partial charge in [-0.15, -0.1) is 0 Å². The minimum atomic E-state index is -4.62.